The molecule has 0 radical (unpaired) electrons. The number of H-pyrrole nitrogens is 1. The van der Waals surface area contributed by atoms with E-state index in [9.17, 15) is 20.4 Å². The van der Waals surface area contributed by atoms with Crippen molar-refractivity contribution in [3.63, 3.8) is 0 Å². The average molecular weight is 375 g/mol. The summed E-state index contributed by atoms with van der Waals surface area (Å²) in [6.07, 6.45) is 0. The number of rotatable bonds is 3. The Balaban J connectivity index is 2.96. The SMILES string of the molecule is CCOc1cc(Br)cc(-c2c(C#N)c(N)[nH]c(=O)c2C#N)c1O. The lowest BCUT2D eigenvalue weighted by atomic mass is 9.95. The van der Waals surface area contributed by atoms with E-state index >= 15 is 0 Å². The van der Waals surface area contributed by atoms with Gasteiger partial charge in [-0.3, -0.25) is 4.79 Å². The number of ether oxygens (including phenoxy) is 1. The summed E-state index contributed by atoms with van der Waals surface area (Å²) in [6.45, 7) is 2.05. The van der Waals surface area contributed by atoms with E-state index in [1.165, 1.54) is 12.1 Å². The van der Waals surface area contributed by atoms with Crippen molar-refractivity contribution in [3.8, 4) is 34.8 Å². The van der Waals surface area contributed by atoms with Gasteiger partial charge in [-0.1, -0.05) is 15.9 Å². The molecule has 0 amide bonds. The van der Waals surface area contributed by atoms with Gasteiger partial charge in [0.25, 0.3) is 5.56 Å². The predicted molar refractivity (Wildman–Crippen MR) is 86.9 cm³/mol. The number of nitrogen functional groups attached to an aromatic ring is 1. The highest BCUT2D eigenvalue weighted by molar-refractivity contribution is 9.10. The minimum Gasteiger partial charge on any atom is -0.504 e. The van der Waals surface area contributed by atoms with Crippen LogP contribution in [0.4, 0.5) is 5.82 Å². The second kappa shape index (κ2) is 6.42. The molecule has 0 aliphatic heterocycles. The number of hydrogen-bond donors (Lipinski definition) is 3. The van der Waals surface area contributed by atoms with Gasteiger partial charge in [-0.25, -0.2) is 0 Å². The van der Waals surface area contributed by atoms with Crippen molar-refractivity contribution in [3.05, 3.63) is 38.1 Å². The van der Waals surface area contributed by atoms with Gasteiger partial charge in [-0.05, 0) is 19.1 Å². The minimum absolute atomic E-state index is 0.0315. The van der Waals surface area contributed by atoms with Crippen LogP contribution in [0, 0.1) is 22.7 Å². The van der Waals surface area contributed by atoms with Crippen LogP contribution in [0.2, 0.25) is 0 Å². The van der Waals surface area contributed by atoms with Crippen molar-refractivity contribution in [2.75, 3.05) is 12.3 Å². The summed E-state index contributed by atoms with van der Waals surface area (Å²) in [4.78, 5) is 14.2. The lowest BCUT2D eigenvalue weighted by molar-refractivity contribution is 0.318. The van der Waals surface area contributed by atoms with Crippen molar-refractivity contribution >= 4 is 21.7 Å². The number of phenols is 1. The van der Waals surface area contributed by atoms with Crippen LogP contribution in [0.25, 0.3) is 11.1 Å². The topological polar surface area (TPSA) is 136 Å². The number of phenolic OH excluding ortho intramolecular Hbond substituents is 1. The molecule has 7 nitrogen and oxygen atoms in total. The molecular weight excluding hydrogens is 364 g/mol. The maximum absolute atomic E-state index is 11.9. The Morgan fingerprint density at radius 1 is 1.35 bits per heavy atom. The molecule has 0 bridgehead atoms. The number of benzene rings is 1. The van der Waals surface area contributed by atoms with Gasteiger partial charge in [0.15, 0.2) is 11.5 Å². The molecule has 0 atom stereocenters. The molecule has 0 saturated heterocycles. The number of nitrogens with two attached hydrogens (primary N) is 1. The van der Waals surface area contributed by atoms with Crippen LogP contribution >= 0.6 is 15.9 Å². The fourth-order valence-corrected chi connectivity index (χ4v) is 2.58. The fourth-order valence-electron chi connectivity index (χ4n) is 2.14. The Kier molecular flexibility index (Phi) is 4.58. The highest BCUT2D eigenvalue weighted by Crippen LogP contribution is 2.42. The highest BCUT2D eigenvalue weighted by Gasteiger charge is 2.22. The number of nitrogens with zero attached hydrogens (tertiary/aromatic N) is 2. The van der Waals surface area contributed by atoms with Crippen LogP contribution in [0.15, 0.2) is 21.4 Å². The van der Waals surface area contributed by atoms with Crippen LogP contribution in [0.5, 0.6) is 11.5 Å². The summed E-state index contributed by atoms with van der Waals surface area (Å²) in [6, 6.07) is 6.61. The van der Waals surface area contributed by atoms with Crippen LogP contribution in [-0.2, 0) is 0 Å². The van der Waals surface area contributed by atoms with E-state index in [2.05, 4.69) is 20.9 Å². The number of anilines is 1. The maximum Gasteiger partial charge on any atom is 0.268 e. The molecule has 2 aromatic rings. The maximum atomic E-state index is 11.9. The minimum atomic E-state index is -0.740. The Labute approximate surface area is 139 Å². The average Bonchev–Trinajstić information content (AvgIpc) is 2.50. The number of pyridine rings is 1. The lowest BCUT2D eigenvalue weighted by Crippen LogP contribution is -2.16. The van der Waals surface area contributed by atoms with Crippen molar-refractivity contribution in [2.24, 2.45) is 0 Å². The van der Waals surface area contributed by atoms with E-state index in [1.54, 1.807) is 13.0 Å². The van der Waals surface area contributed by atoms with E-state index < -0.39 is 5.56 Å². The predicted octanol–water partition coefficient (Wildman–Crippen LogP) is 2.23. The second-order valence-corrected chi connectivity index (χ2v) is 5.37. The van der Waals surface area contributed by atoms with Gasteiger partial charge in [0.1, 0.15) is 29.1 Å². The van der Waals surface area contributed by atoms with Crippen LogP contribution in [0.1, 0.15) is 18.1 Å². The van der Waals surface area contributed by atoms with Crippen LogP contribution in [-0.4, -0.2) is 16.7 Å². The highest BCUT2D eigenvalue weighted by atomic mass is 79.9. The summed E-state index contributed by atoms with van der Waals surface area (Å²) < 4.78 is 5.87. The van der Waals surface area contributed by atoms with E-state index in [1.807, 2.05) is 6.07 Å². The standard InChI is InChI=1S/C15H11BrN4O3/c1-2-23-11-4-7(16)3-8(13(11)21)12-9(5-17)14(19)20-15(22)10(12)6-18/h3-4,21H,2H2,1H3,(H3,19,20,22). The molecular formula is C15H11BrN4O3. The van der Waals surface area contributed by atoms with Gasteiger partial charge in [0, 0.05) is 15.6 Å². The normalized spacial score (nSPS) is 9.91. The molecule has 0 unspecified atom stereocenters. The van der Waals surface area contributed by atoms with Gasteiger partial charge in [0.2, 0.25) is 0 Å². The van der Waals surface area contributed by atoms with Gasteiger partial charge < -0.3 is 20.6 Å². The molecule has 116 valence electrons. The Bertz CT molecular complexity index is 922. The van der Waals surface area contributed by atoms with E-state index in [0.717, 1.165) is 0 Å². The third-order valence-electron chi connectivity index (χ3n) is 3.08. The van der Waals surface area contributed by atoms with Crippen molar-refractivity contribution in [1.82, 2.24) is 4.98 Å². The molecule has 1 aromatic carbocycles. The second-order valence-electron chi connectivity index (χ2n) is 4.45. The summed E-state index contributed by atoms with van der Waals surface area (Å²) in [5, 5.41) is 29.0. The fraction of sp³-hybridized carbons (Fsp3) is 0.133. The number of aromatic amines is 1. The Morgan fingerprint density at radius 2 is 2.00 bits per heavy atom. The van der Waals surface area contributed by atoms with E-state index in [0.29, 0.717) is 11.1 Å². The Hall–Kier alpha value is -2.97. The molecule has 1 heterocycles. The van der Waals surface area contributed by atoms with E-state index in [-0.39, 0.29) is 39.6 Å². The largest absolute Gasteiger partial charge is 0.504 e. The third-order valence-corrected chi connectivity index (χ3v) is 3.53. The van der Waals surface area contributed by atoms with Crippen molar-refractivity contribution in [2.45, 2.75) is 6.92 Å². The number of halogens is 1. The van der Waals surface area contributed by atoms with Crippen LogP contribution < -0.4 is 16.0 Å². The van der Waals surface area contributed by atoms with Crippen molar-refractivity contribution in [1.29, 1.82) is 10.5 Å². The zero-order valence-corrected chi connectivity index (χ0v) is 13.6. The van der Waals surface area contributed by atoms with Gasteiger partial charge in [-0.2, -0.15) is 10.5 Å². The quantitative estimate of drug-likeness (QED) is 0.753. The number of aromatic nitrogens is 1. The van der Waals surface area contributed by atoms with Crippen LogP contribution in [0.3, 0.4) is 0 Å². The molecule has 0 fully saturated rings. The zero-order valence-electron chi connectivity index (χ0n) is 12.0. The number of aromatic hydroxyl groups is 1. The Morgan fingerprint density at radius 3 is 2.57 bits per heavy atom. The monoisotopic (exact) mass is 374 g/mol. The molecule has 0 spiro atoms. The summed E-state index contributed by atoms with van der Waals surface area (Å²) in [5.74, 6) is -0.305. The number of nitrogens with one attached hydrogen (secondary N) is 1. The van der Waals surface area contributed by atoms with Gasteiger partial charge in [-0.15, -0.1) is 0 Å². The van der Waals surface area contributed by atoms with Crippen molar-refractivity contribution < 1.29 is 9.84 Å². The molecule has 0 aliphatic carbocycles. The van der Waals surface area contributed by atoms with Gasteiger partial charge >= 0.3 is 0 Å². The zero-order chi connectivity index (χ0) is 17.1. The third kappa shape index (κ3) is 2.85. The molecule has 23 heavy (non-hydrogen) atoms. The molecule has 4 N–H and O–H groups in total. The smallest absolute Gasteiger partial charge is 0.268 e. The summed E-state index contributed by atoms with van der Waals surface area (Å²) in [5.41, 5.74) is 4.59. The molecule has 0 saturated carbocycles. The number of hydrogen-bond acceptors (Lipinski definition) is 6. The van der Waals surface area contributed by atoms with E-state index in [4.69, 9.17) is 10.5 Å². The first kappa shape index (κ1) is 16.4. The molecule has 1 aromatic heterocycles. The first-order valence-corrected chi connectivity index (χ1v) is 7.25. The summed E-state index contributed by atoms with van der Waals surface area (Å²) in [7, 11) is 0. The first-order valence-electron chi connectivity index (χ1n) is 6.46. The lowest BCUT2D eigenvalue weighted by Gasteiger charge is -2.14. The van der Waals surface area contributed by atoms with Gasteiger partial charge in [0.05, 0.1) is 6.61 Å². The molecule has 8 heteroatoms. The summed E-state index contributed by atoms with van der Waals surface area (Å²) >= 11 is 3.27. The number of nitriles is 2. The molecule has 2 rings (SSSR count). The first-order chi connectivity index (χ1) is 10.9. The molecule has 0 aliphatic rings.